The van der Waals surface area contributed by atoms with E-state index in [0.717, 1.165) is 10.8 Å². The van der Waals surface area contributed by atoms with Crippen molar-refractivity contribution in [2.24, 2.45) is 0 Å². The number of halogens is 2. The SMILES string of the molecule is O=C(c1nccc2ccccc12)N1CCN(Cc2c(F)cccc2Cl)CC1. The minimum Gasteiger partial charge on any atom is -0.335 e. The van der Waals surface area contributed by atoms with E-state index in [-0.39, 0.29) is 11.7 Å². The van der Waals surface area contributed by atoms with Crippen molar-refractivity contribution < 1.29 is 9.18 Å². The van der Waals surface area contributed by atoms with Gasteiger partial charge in [0, 0.05) is 54.9 Å². The lowest BCUT2D eigenvalue weighted by molar-refractivity contribution is 0.0623. The molecule has 0 saturated carbocycles. The highest BCUT2D eigenvalue weighted by Gasteiger charge is 2.25. The Hall–Kier alpha value is -2.50. The summed E-state index contributed by atoms with van der Waals surface area (Å²) in [6, 6.07) is 14.4. The third-order valence-electron chi connectivity index (χ3n) is 4.98. The molecule has 1 aromatic heterocycles. The Labute approximate surface area is 162 Å². The van der Waals surface area contributed by atoms with Gasteiger partial charge in [-0.05, 0) is 23.6 Å². The quantitative estimate of drug-likeness (QED) is 0.686. The molecule has 138 valence electrons. The summed E-state index contributed by atoms with van der Waals surface area (Å²) in [4.78, 5) is 21.2. The Bertz CT molecular complexity index is 961. The molecule has 0 radical (unpaired) electrons. The van der Waals surface area contributed by atoms with Gasteiger partial charge >= 0.3 is 0 Å². The molecule has 4 nitrogen and oxygen atoms in total. The number of carbonyl (C=O) groups is 1. The molecule has 2 aromatic carbocycles. The number of rotatable bonds is 3. The standard InChI is InChI=1S/C21H19ClFN3O/c22-18-6-3-7-19(23)17(18)14-25-10-12-26(13-11-25)21(27)20-16-5-2-1-4-15(16)8-9-24-20/h1-9H,10-14H2. The highest BCUT2D eigenvalue weighted by molar-refractivity contribution is 6.31. The van der Waals surface area contributed by atoms with Crippen LogP contribution in [0.15, 0.2) is 54.7 Å². The smallest absolute Gasteiger partial charge is 0.273 e. The molecule has 1 aliphatic rings. The van der Waals surface area contributed by atoms with E-state index in [4.69, 9.17) is 11.6 Å². The Kier molecular flexibility index (Phi) is 5.05. The lowest BCUT2D eigenvalue weighted by Gasteiger charge is -2.34. The second kappa shape index (κ2) is 7.62. The predicted octanol–water partition coefficient (Wildman–Crippen LogP) is 3.99. The summed E-state index contributed by atoms with van der Waals surface area (Å²) in [5.41, 5.74) is 0.994. The number of hydrogen-bond acceptors (Lipinski definition) is 3. The summed E-state index contributed by atoms with van der Waals surface area (Å²) in [6.07, 6.45) is 1.67. The summed E-state index contributed by atoms with van der Waals surface area (Å²) in [6.45, 7) is 2.94. The van der Waals surface area contributed by atoms with E-state index in [2.05, 4.69) is 9.88 Å². The minimum atomic E-state index is -0.291. The Morgan fingerprint density at radius 3 is 2.59 bits per heavy atom. The summed E-state index contributed by atoms with van der Waals surface area (Å²) in [5, 5.41) is 2.31. The Morgan fingerprint density at radius 1 is 1.04 bits per heavy atom. The second-order valence-corrected chi connectivity index (χ2v) is 7.06. The molecule has 0 atom stereocenters. The van der Waals surface area contributed by atoms with Crippen molar-refractivity contribution in [1.82, 2.24) is 14.8 Å². The first-order valence-corrected chi connectivity index (χ1v) is 9.29. The summed E-state index contributed by atoms with van der Waals surface area (Å²) < 4.78 is 14.0. The van der Waals surface area contributed by atoms with Crippen LogP contribution < -0.4 is 0 Å². The Balaban J connectivity index is 1.45. The molecule has 0 unspecified atom stereocenters. The monoisotopic (exact) mass is 383 g/mol. The van der Waals surface area contributed by atoms with Gasteiger partial charge in [-0.25, -0.2) is 4.39 Å². The van der Waals surface area contributed by atoms with E-state index in [1.54, 1.807) is 18.3 Å². The average molecular weight is 384 g/mol. The van der Waals surface area contributed by atoms with Crippen LogP contribution in [-0.4, -0.2) is 46.9 Å². The number of nitrogens with zero attached hydrogens (tertiary/aromatic N) is 3. The van der Waals surface area contributed by atoms with Gasteiger partial charge in [0.2, 0.25) is 0 Å². The number of piperazine rings is 1. The molecule has 1 aliphatic heterocycles. The van der Waals surface area contributed by atoms with Crippen LogP contribution in [0, 0.1) is 5.82 Å². The third-order valence-corrected chi connectivity index (χ3v) is 5.33. The maximum atomic E-state index is 14.0. The molecule has 27 heavy (non-hydrogen) atoms. The molecule has 6 heteroatoms. The number of fused-ring (bicyclic) bond motifs is 1. The largest absolute Gasteiger partial charge is 0.335 e. The van der Waals surface area contributed by atoms with Crippen molar-refractivity contribution in [1.29, 1.82) is 0 Å². The molecule has 0 N–H and O–H groups in total. The van der Waals surface area contributed by atoms with Crippen molar-refractivity contribution in [3.63, 3.8) is 0 Å². The van der Waals surface area contributed by atoms with E-state index in [9.17, 15) is 9.18 Å². The molecule has 3 aromatic rings. The predicted molar refractivity (Wildman–Crippen MR) is 104 cm³/mol. The van der Waals surface area contributed by atoms with E-state index in [1.165, 1.54) is 6.07 Å². The summed E-state index contributed by atoms with van der Waals surface area (Å²) in [7, 11) is 0. The van der Waals surface area contributed by atoms with Crippen LogP contribution in [0.2, 0.25) is 5.02 Å². The fourth-order valence-corrected chi connectivity index (χ4v) is 3.68. The van der Waals surface area contributed by atoms with Crippen molar-refractivity contribution in [2.75, 3.05) is 26.2 Å². The molecule has 0 bridgehead atoms. The van der Waals surface area contributed by atoms with E-state index < -0.39 is 0 Å². The van der Waals surface area contributed by atoms with Crippen molar-refractivity contribution in [2.45, 2.75) is 6.54 Å². The lowest BCUT2D eigenvalue weighted by Crippen LogP contribution is -2.48. The van der Waals surface area contributed by atoms with Gasteiger partial charge in [-0.3, -0.25) is 14.7 Å². The molecule has 0 spiro atoms. The van der Waals surface area contributed by atoms with Gasteiger partial charge in [-0.15, -0.1) is 0 Å². The van der Waals surface area contributed by atoms with Gasteiger partial charge in [0.25, 0.3) is 5.91 Å². The third kappa shape index (κ3) is 3.66. The van der Waals surface area contributed by atoms with E-state index in [0.29, 0.717) is 49.0 Å². The first-order chi connectivity index (χ1) is 13.1. The first-order valence-electron chi connectivity index (χ1n) is 8.92. The van der Waals surface area contributed by atoms with Gasteiger partial charge in [0.05, 0.1) is 0 Å². The van der Waals surface area contributed by atoms with Crippen LogP contribution in [0.25, 0.3) is 10.8 Å². The number of amides is 1. The maximum Gasteiger partial charge on any atom is 0.273 e. The van der Waals surface area contributed by atoms with Crippen LogP contribution in [0.3, 0.4) is 0 Å². The van der Waals surface area contributed by atoms with Crippen molar-refractivity contribution in [3.05, 3.63) is 76.8 Å². The molecular weight excluding hydrogens is 365 g/mol. The van der Waals surface area contributed by atoms with E-state index in [1.807, 2.05) is 35.2 Å². The topological polar surface area (TPSA) is 36.4 Å². The average Bonchev–Trinajstić information content (AvgIpc) is 2.70. The van der Waals surface area contributed by atoms with E-state index >= 15 is 0 Å². The molecule has 1 saturated heterocycles. The molecule has 4 rings (SSSR count). The van der Waals surface area contributed by atoms with Crippen molar-refractivity contribution in [3.8, 4) is 0 Å². The number of carbonyl (C=O) groups excluding carboxylic acids is 1. The second-order valence-electron chi connectivity index (χ2n) is 6.65. The van der Waals surface area contributed by atoms with Crippen LogP contribution in [0.5, 0.6) is 0 Å². The molecule has 0 aliphatic carbocycles. The van der Waals surface area contributed by atoms with Crippen LogP contribution in [0.4, 0.5) is 4.39 Å². The zero-order chi connectivity index (χ0) is 18.8. The minimum absolute atomic E-state index is 0.0598. The van der Waals surface area contributed by atoms with Gasteiger partial charge in [0.1, 0.15) is 11.5 Å². The van der Waals surface area contributed by atoms with Gasteiger partial charge in [-0.2, -0.15) is 0 Å². The van der Waals surface area contributed by atoms with Gasteiger partial charge in [0.15, 0.2) is 0 Å². The summed E-state index contributed by atoms with van der Waals surface area (Å²) in [5.74, 6) is -0.351. The number of hydrogen-bond donors (Lipinski definition) is 0. The zero-order valence-corrected chi connectivity index (χ0v) is 15.5. The molecule has 1 fully saturated rings. The highest BCUT2D eigenvalue weighted by Crippen LogP contribution is 2.22. The van der Waals surface area contributed by atoms with Gasteiger partial charge < -0.3 is 4.90 Å². The Morgan fingerprint density at radius 2 is 1.81 bits per heavy atom. The molecule has 1 amide bonds. The highest BCUT2D eigenvalue weighted by atomic mass is 35.5. The normalized spacial score (nSPS) is 15.3. The van der Waals surface area contributed by atoms with Crippen LogP contribution in [-0.2, 0) is 6.54 Å². The number of pyridine rings is 1. The number of benzene rings is 2. The molecule has 2 heterocycles. The fraction of sp³-hybridized carbons (Fsp3) is 0.238. The van der Waals surface area contributed by atoms with Crippen molar-refractivity contribution >= 4 is 28.3 Å². The first kappa shape index (κ1) is 17.9. The lowest BCUT2D eigenvalue weighted by atomic mass is 10.1. The fourth-order valence-electron chi connectivity index (χ4n) is 3.46. The van der Waals surface area contributed by atoms with Gasteiger partial charge in [-0.1, -0.05) is 41.9 Å². The van der Waals surface area contributed by atoms with Crippen LogP contribution in [0.1, 0.15) is 16.1 Å². The zero-order valence-electron chi connectivity index (χ0n) is 14.7. The number of aromatic nitrogens is 1. The maximum absolute atomic E-state index is 14.0. The van der Waals surface area contributed by atoms with Crippen LogP contribution >= 0.6 is 11.6 Å². The molecular formula is C21H19ClFN3O. The summed E-state index contributed by atoms with van der Waals surface area (Å²) >= 11 is 6.12.